The first kappa shape index (κ1) is 48.5. The Kier molecular flexibility index (Phi) is 17.4. The lowest BCUT2D eigenvalue weighted by Crippen LogP contribution is -2.49. The summed E-state index contributed by atoms with van der Waals surface area (Å²) in [4.78, 5) is 76.6. The normalized spacial score (nSPS) is 15.0. The van der Waals surface area contributed by atoms with E-state index in [9.17, 15) is 34.2 Å². The number of amides is 2. The van der Waals surface area contributed by atoms with Crippen molar-refractivity contribution in [2.24, 2.45) is 0 Å². The van der Waals surface area contributed by atoms with Crippen LogP contribution in [0.5, 0.6) is 5.75 Å². The number of carboxylic acid groups (broad SMARTS) is 2. The number of hydrogen-bond acceptors (Lipinski definition) is 11. The molecule has 1 aliphatic rings. The van der Waals surface area contributed by atoms with Gasteiger partial charge in [0.05, 0.1) is 49.9 Å². The van der Waals surface area contributed by atoms with Gasteiger partial charge in [0, 0.05) is 99.0 Å². The van der Waals surface area contributed by atoms with E-state index in [4.69, 9.17) is 21.3 Å². The van der Waals surface area contributed by atoms with Crippen molar-refractivity contribution in [3.05, 3.63) is 106 Å². The molecule has 0 unspecified atom stereocenters. The molecule has 3 aromatic carbocycles. The second-order valence-electron chi connectivity index (χ2n) is 16.6. The van der Waals surface area contributed by atoms with Crippen molar-refractivity contribution in [3.63, 3.8) is 0 Å². The number of nitrogens with one attached hydrogen (secondary N) is 2. The van der Waals surface area contributed by atoms with Gasteiger partial charge in [-0.15, -0.1) is 0 Å². The highest BCUT2D eigenvalue weighted by Gasteiger charge is 2.23. The number of aliphatic carboxylic acids is 2. The van der Waals surface area contributed by atoms with E-state index in [0.29, 0.717) is 112 Å². The number of hydrogen-bond donors (Lipinski definition) is 4. The van der Waals surface area contributed by atoms with Crippen molar-refractivity contribution in [1.29, 1.82) is 0 Å². The number of rotatable bonds is 17. The van der Waals surface area contributed by atoms with Crippen LogP contribution in [0, 0.1) is 13.8 Å². The van der Waals surface area contributed by atoms with Gasteiger partial charge in [-0.3, -0.25) is 53.1 Å². The van der Waals surface area contributed by atoms with Crippen LogP contribution in [-0.2, 0) is 32.1 Å². The number of aromatic nitrogens is 2. The Morgan fingerprint density at radius 2 is 1.28 bits per heavy atom. The molecule has 0 saturated carbocycles. The van der Waals surface area contributed by atoms with Crippen LogP contribution < -0.4 is 15.4 Å². The molecular weight excluding hydrogens is 852 g/mol. The zero-order valence-corrected chi connectivity index (χ0v) is 38.1. The van der Waals surface area contributed by atoms with Crippen molar-refractivity contribution in [3.8, 4) is 5.75 Å². The van der Waals surface area contributed by atoms with Gasteiger partial charge in [0.15, 0.2) is 0 Å². The van der Waals surface area contributed by atoms with Crippen LogP contribution in [-0.4, -0.2) is 161 Å². The molecule has 6 rings (SSSR count). The highest BCUT2D eigenvalue weighted by atomic mass is 35.5. The molecule has 0 aliphatic carbocycles. The summed E-state index contributed by atoms with van der Waals surface area (Å²) in [6.45, 7) is 8.63. The highest BCUT2D eigenvalue weighted by Crippen LogP contribution is 2.31. The SMILES string of the molecule is COc1ccc2c(c1)c(CC(=O)NCCCCNC(=O)CN1CCN(CC(=O)O)CCN(Cc3ccc4cc(C)ccc4n3)CCN(CC(=O)O)CC1)c(C)n2C(=O)c1ccc(Cl)cc1. The van der Waals surface area contributed by atoms with Crippen molar-refractivity contribution in [1.82, 2.24) is 39.8 Å². The number of aryl methyl sites for hydroxylation is 1. The third kappa shape index (κ3) is 14.0. The number of pyridine rings is 1. The van der Waals surface area contributed by atoms with Gasteiger partial charge in [0.2, 0.25) is 11.8 Å². The van der Waals surface area contributed by atoms with Gasteiger partial charge in [-0.1, -0.05) is 29.3 Å². The Hall–Kier alpha value is -5.91. The van der Waals surface area contributed by atoms with Gasteiger partial charge < -0.3 is 25.6 Å². The largest absolute Gasteiger partial charge is 0.497 e. The Balaban J connectivity index is 0.994. The lowest BCUT2D eigenvalue weighted by atomic mass is 10.1. The van der Waals surface area contributed by atoms with Crippen LogP contribution in [0.3, 0.4) is 0 Å². The summed E-state index contributed by atoms with van der Waals surface area (Å²) >= 11 is 6.06. The minimum atomic E-state index is -0.937. The number of fused-ring (bicyclic) bond motifs is 2. The molecule has 65 heavy (non-hydrogen) atoms. The topological polar surface area (TPSA) is 190 Å². The number of unbranched alkanes of at least 4 members (excludes halogenated alkanes) is 1. The zero-order valence-electron chi connectivity index (χ0n) is 37.4. The Morgan fingerprint density at radius 1 is 0.692 bits per heavy atom. The molecule has 1 saturated heterocycles. The first-order valence-corrected chi connectivity index (χ1v) is 22.3. The summed E-state index contributed by atoms with van der Waals surface area (Å²) in [5.74, 6) is -1.90. The molecule has 2 aromatic heterocycles. The minimum absolute atomic E-state index is 0.0532. The Labute approximate surface area is 384 Å². The van der Waals surface area contributed by atoms with Crippen LogP contribution in [0.15, 0.2) is 72.8 Å². The predicted octanol–water partition coefficient (Wildman–Crippen LogP) is 4.30. The summed E-state index contributed by atoms with van der Waals surface area (Å²) in [6.07, 6.45) is 1.28. The molecule has 0 bridgehead atoms. The number of carbonyl (C=O) groups excluding carboxylic acids is 3. The molecular formula is C48H59ClN8O8. The first-order chi connectivity index (χ1) is 31.3. The van der Waals surface area contributed by atoms with Crippen LogP contribution in [0.4, 0.5) is 0 Å². The lowest BCUT2D eigenvalue weighted by molar-refractivity contribution is -0.139. The van der Waals surface area contributed by atoms with Crippen molar-refractivity contribution in [2.75, 3.05) is 92.2 Å². The van der Waals surface area contributed by atoms with Gasteiger partial charge in [0.1, 0.15) is 5.75 Å². The van der Waals surface area contributed by atoms with Gasteiger partial charge in [-0.05, 0) is 92.9 Å². The van der Waals surface area contributed by atoms with Crippen LogP contribution >= 0.6 is 11.6 Å². The van der Waals surface area contributed by atoms with E-state index in [1.807, 2.05) is 58.9 Å². The maximum Gasteiger partial charge on any atom is 0.317 e. The van der Waals surface area contributed by atoms with Gasteiger partial charge >= 0.3 is 11.9 Å². The Bertz CT molecular complexity index is 2450. The maximum absolute atomic E-state index is 13.7. The molecule has 0 atom stereocenters. The van der Waals surface area contributed by atoms with E-state index in [1.165, 1.54) is 0 Å². The molecule has 2 amide bonds. The van der Waals surface area contributed by atoms with Crippen molar-refractivity contribution < 1.29 is 38.9 Å². The van der Waals surface area contributed by atoms with E-state index in [-0.39, 0.29) is 43.8 Å². The standard InChI is InChI=1S/C48H59ClN8O8/c1-33-6-14-42-36(26-33)9-12-38(52-42)29-53-18-22-55(31-46(60)61)24-20-54(21-25-56(23-19-53)32-47(62)63)30-45(59)51-17-5-4-16-50-44(58)28-40-34(2)57(43-15-13-39(65-3)27-41(40)43)48(64)35-7-10-37(49)11-8-35/h6-15,26-27H,4-5,16-25,28-32H2,1-3H3,(H,50,58)(H,51,59)(H,60,61)(H,62,63). The fraction of sp³-hybridized carbons (Fsp3) is 0.417. The van der Waals surface area contributed by atoms with E-state index >= 15 is 0 Å². The number of benzene rings is 3. The summed E-state index contributed by atoms with van der Waals surface area (Å²) in [5, 5.41) is 27.7. The number of methoxy groups -OCH3 is 1. The van der Waals surface area contributed by atoms with Crippen LogP contribution in [0.2, 0.25) is 5.02 Å². The van der Waals surface area contributed by atoms with E-state index in [0.717, 1.165) is 33.1 Å². The highest BCUT2D eigenvalue weighted by molar-refractivity contribution is 6.30. The summed E-state index contributed by atoms with van der Waals surface area (Å²) < 4.78 is 7.07. The van der Waals surface area contributed by atoms with E-state index < -0.39 is 11.9 Å². The van der Waals surface area contributed by atoms with Crippen molar-refractivity contribution >= 4 is 63.1 Å². The number of ether oxygens (including phenoxy) is 1. The van der Waals surface area contributed by atoms with Crippen LogP contribution in [0.25, 0.3) is 21.8 Å². The van der Waals surface area contributed by atoms with Gasteiger partial charge in [-0.25, -0.2) is 0 Å². The lowest BCUT2D eigenvalue weighted by Gasteiger charge is -2.33. The smallest absolute Gasteiger partial charge is 0.317 e. The van der Waals surface area contributed by atoms with Crippen molar-refractivity contribution in [2.45, 2.75) is 39.7 Å². The van der Waals surface area contributed by atoms with Gasteiger partial charge in [0.25, 0.3) is 5.91 Å². The minimum Gasteiger partial charge on any atom is -0.497 e. The maximum atomic E-state index is 13.7. The number of nitrogens with zero attached hydrogens (tertiary/aromatic N) is 6. The monoisotopic (exact) mass is 910 g/mol. The average Bonchev–Trinajstić information content (AvgIpc) is 3.54. The molecule has 16 nitrogen and oxygen atoms in total. The summed E-state index contributed by atoms with van der Waals surface area (Å²) in [5.41, 5.74) is 5.43. The number of carboxylic acids is 2. The first-order valence-electron chi connectivity index (χ1n) is 22.0. The molecule has 3 heterocycles. The number of halogens is 1. The fourth-order valence-electron chi connectivity index (χ4n) is 8.18. The average molecular weight is 912 g/mol. The molecule has 0 spiro atoms. The molecule has 1 fully saturated rings. The molecule has 0 radical (unpaired) electrons. The van der Waals surface area contributed by atoms with E-state index in [2.05, 4.69) is 27.7 Å². The molecule has 4 N–H and O–H groups in total. The predicted molar refractivity (Wildman–Crippen MR) is 250 cm³/mol. The fourth-order valence-corrected chi connectivity index (χ4v) is 8.31. The molecule has 1 aliphatic heterocycles. The summed E-state index contributed by atoms with van der Waals surface area (Å²) in [6, 6.07) is 22.3. The zero-order chi connectivity index (χ0) is 46.5. The Morgan fingerprint density at radius 3 is 1.88 bits per heavy atom. The molecule has 17 heteroatoms. The number of carbonyl (C=O) groups is 5. The summed E-state index contributed by atoms with van der Waals surface area (Å²) in [7, 11) is 1.56. The second-order valence-corrected chi connectivity index (χ2v) is 17.0. The van der Waals surface area contributed by atoms with Gasteiger partial charge in [-0.2, -0.15) is 0 Å². The molecule has 5 aromatic rings. The quantitative estimate of drug-likeness (QED) is 0.0968. The third-order valence-corrected chi connectivity index (χ3v) is 12.0. The third-order valence-electron chi connectivity index (χ3n) is 11.7. The van der Waals surface area contributed by atoms with E-state index in [1.54, 1.807) is 42.0 Å². The van der Waals surface area contributed by atoms with Crippen LogP contribution in [0.1, 0.15) is 45.7 Å². The molecule has 346 valence electrons. The second kappa shape index (κ2) is 23.3.